The van der Waals surface area contributed by atoms with Gasteiger partial charge >= 0.3 is 0 Å². The highest BCUT2D eigenvalue weighted by atomic mass is 32.3. The first-order valence-electron chi connectivity index (χ1n) is 15.6. The second-order valence-corrected chi connectivity index (χ2v) is 18.4. The zero-order valence-corrected chi connectivity index (χ0v) is 30.8. The van der Waals surface area contributed by atoms with Crippen molar-refractivity contribution in [3.8, 4) is 68.3 Å². The van der Waals surface area contributed by atoms with Crippen molar-refractivity contribution < 1.29 is 39.9 Å². The lowest BCUT2D eigenvalue weighted by Gasteiger charge is -2.07. The van der Waals surface area contributed by atoms with Crippen molar-refractivity contribution in [1.29, 1.82) is 14.0 Å². The van der Waals surface area contributed by atoms with E-state index in [4.69, 9.17) is 9.76 Å². The molecule has 0 saturated carbocycles. The molecule has 3 aliphatic heterocycles. The van der Waals surface area contributed by atoms with Crippen LogP contribution in [0.1, 0.15) is 0 Å². The third-order valence-corrected chi connectivity index (χ3v) is 12.5. The molecular weight excluding hydrogens is 811 g/mol. The van der Waals surface area contributed by atoms with Gasteiger partial charge in [0.05, 0.1) is 19.6 Å². The Morgan fingerprint density at radius 1 is 0.482 bits per heavy atom. The third-order valence-electron chi connectivity index (χ3n) is 8.97. The normalized spacial score (nSPS) is 14.1. The molecular formula is C32H21N11O9S4. The van der Waals surface area contributed by atoms with Gasteiger partial charge in [-0.1, -0.05) is 0 Å². The maximum atomic E-state index is 12.4. The number of rotatable bonds is 2. The van der Waals surface area contributed by atoms with Crippen LogP contribution in [0.2, 0.25) is 0 Å². The molecule has 0 saturated heterocycles. The van der Waals surface area contributed by atoms with Gasteiger partial charge < -0.3 is 9.97 Å². The Kier molecular flexibility index (Phi) is 7.50. The van der Waals surface area contributed by atoms with E-state index >= 15 is 0 Å². The van der Waals surface area contributed by atoms with E-state index in [9.17, 15) is 49.2 Å². The van der Waals surface area contributed by atoms with Gasteiger partial charge in [0.2, 0.25) is 0 Å². The molecule has 5 heterocycles. The van der Waals surface area contributed by atoms with Crippen LogP contribution < -0.4 is 0 Å². The SMILES string of the molecule is N#S(O)(O)c1ccc2c(c1)-c1nc3nc(nc4nc(nc5[nH]c([nH]c-2n1)c1cc(S(#N)(O)O)ccc51)-c1cc(S(=N)(=O)O)ccc1-4)-c1cc(S(=O)(=O)O)ccc1-3. The van der Waals surface area contributed by atoms with Gasteiger partial charge in [0, 0.05) is 44.2 Å². The van der Waals surface area contributed by atoms with Gasteiger partial charge in [-0.2, -0.15) is 17.6 Å². The third kappa shape index (κ3) is 5.91. The van der Waals surface area contributed by atoms with Crippen molar-refractivity contribution in [3.05, 3.63) is 72.8 Å². The highest BCUT2D eigenvalue weighted by Gasteiger charge is 2.28. The molecule has 0 fully saturated rings. The summed E-state index contributed by atoms with van der Waals surface area (Å²) in [4.78, 5) is 32.8. The number of hydrogen-bond donors (Lipinski definition) is 9. The molecule has 1 unspecified atom stereocenters. The summed E-state index contributed by atoms with van der Waals surface area (Å²) < 4.78 is 125. The Balaban J connectivity index is 1.46. The Labute approximate surface area is 315 Å². The average molecular weight is 832 g/mol. The van der Waals surface area contributed by atoms with Crippen molar-refractivity contribution in [1.82, 2.24) is 39.9 Å². The lowest BCUT2D eigenvalue weighted by atomic mass is 10.1. The highest BCUT2D eigenvalue weighted by Crippen LogP contribution is 2.44. The number of benzene rings is 4. The smallest absolute Gasteiger partial charge is 0.294 e. The lowest BCUT2D eigenvalue weighted by molar-refractivity contribution is 0.483. The molecule has 2 aromatic heterocycles. The second kappa shape index (κ2) is 11.8. The zero-order chi connectivity index (χ0) is 39.7. The fourth-order valence-electron chi connectivity index (χ4n) is 6.39. The van der Waals surface area contributed by atoms with Crippen LogP contribution >= 0.6 is 20.4 Å². The van der Waals surface area contributed by atoms with E-state index in [0.717, 1.165) is 12.1 Å². The van der Waals surface area contributed by atoms with Crippen molar-refractivity contribution in [2.24, 2.45) is 0 Å². The van der Waals surface area contributed by atoms with Crippen LogP contribution in [0.25, 0.3) is 90.4 Å². The number of hydrogen-bond acceptors (Lipinski definition) is 16. The summed E-state index contributed by atoms with van der Waals surface area (Å²) >= 11 is 0. The molecule has 9 rings (SSSR count). The summed E-state index contributed by atoms with van der Waals surface area (Å²) in [5.41, 5.74) is 1.58. The van der Waals surface area contributed by atoms with Crippen molar-refractivity contribution in [2.75, 3.05) is 0 Å². The fourth-order valence-corrected chi connectivity index (χ4v) is 8.48. The Bertz CT molecular complexity index is 3490. The molecule has 0 amide bonds. The van der Waals surface area contributed by atoms with Crippen molar-refractivity contribution in [2.45, 2.75) is 19.6 Å². The molecule has 9 N–H and O–H groups in total. The van der Waals surface area contributed by atoms with Crippen LogP contribution in [0.15, 0.2) is 92.4 Å². The van der Waals surface area contributed by atoms with Crippen LogP contribution in [0, 0.1) is 14.0 Å². The summed E-state index contributed by atoms with van der Waals surface area (Å²) in [5, 5.41) is 0.619. The topological polar surface area (TPSA) is 353 Å². The molecule has 3 aliphatic rings. The van der Waals surface area contributed by atoms with Gasteiger partial charge in [-0.05, 0) is 72.8 Å². The first-order valence-corrected chi connectivity index (χ1v) is 21.6. The number of fused-ring (bicyclic) bond motifs is 20. The summed E-state index contributed by atoms with van der Waals surface area (Å²) in [6.07, 6.45) is 0. The van der Waals surface area contributed by atoms with E-state index in [1.807, 2.05) is 0 Å². The van der Waals surface area contributed by atoms with E-state index in [-0.39, 0.29) is 94.1 Å². The van der Waals surface area contributed by atoms with Gasteiger partial charge in [0.25, 0.3) is 10.1 Å². The molecule has 1 atom stereocenters. The summed E-state index contributed by atoms with van der Waals surface area (Å²) in [6.45, 7) is 0. The largest absolute Gasteiger partial charge is 0.325 e. The van der Waals surface area contributed by atoms with Crippen LogP contribution in [-0.4, -0.2) is 79.8 Å². The molecule has 4 aromatic carbocycles. The van der Waals surface area contributed by atoms with Gasteiger partial charge in [-0.15, -0.1) is 0 Å². The fraction of sp³-hybridized carbons (Fsp3) is 0. The van der Waals surface area contributed by atoms with Gasteiger partial charge in [-0.3, -0.25) is 27.3 Å². The van der Waals surface area contributed by atoms with E-state index in [1.54, 1.807) is 0 Å². The number of aromatic nitrogens is 8. The molecule has 24 heteroatoms. The maximum Gasteiger partial charge on any atom is 0.294 e. The van der Waals surface area contributed by atoms with Crippen LogP contribution in [0.3, 0.4) is 0 Å². The molecule has 6 aromatic rings. The second-order valence-electron chi connectivity index (χ2n) is 12.5. The van der Waals surface area contributed by atoms with E-state index in [1.165, 1.54) is 60.7 Å². The maximum absolute atomic E-state index is 12.4. The molecule has 0 aliphatic carbocycles. The number of aromatic amines is 2. The Morgan fingerprint density at radius 3 is 1.52 bits per heavy atom. The predicted molar refractivity (Wildman–Crippen MR) is 202 cm³/mol. The standard InChI is InChI=1S/C32H21N11O9S4/c33-53(44,45)13-1-5-17-21(9-13)29-36-25(17)38-30-23-11-15(55(35,48)49)3-7-19(23)27(40-30)42-32-24-12-16(56(50,51)52)4-8-20(24)28(43-32)41-31-22-10-14(54(34,46)47)2-6-18(22)26(37-29)39-31/h1-12,44-47H,(H2,35,48,49)(H,50,51,52)(H2,36,37,38,39,40,41,42,43). The van der Waals surface area contributed by atoms with Crippen LogP contribution in [-0.2, 0) is 20.1 Å². The van der Waals surface area contributed by atoms with Crippen LogP contribution in [0.5, 0.6) is 0 Å². The molecule has 20 nitrogen and oxygen atoms in total. The summed E-state index contributed by atoms with van der Waals surface area (Å²) in [7, 11) is -17.3. The van der Waals surface area contributed by atoms with Crippen molar-refractivity contribution >= 4 is 62.6 Å². The van der Waals surface area contributed by atoms with Gasteiger partial charge in [-0.25, -0.2) is 38.9 Å². The number of H-pyrrole nitrogens is 2. The van der Waals surface area contributed by atoms with Crippen LogP contribution in [0.4, 0.5) is 0 Å². The summed E-state index contributed by atoms with van der Waals surface area (Å²) in [6, 6.07) is 15.4. The van der Waals surface area contributed by atoms with Crippen molar-refractivity contribution in [3.63, 3.8) is 0 Å². The van der Waals surface area contributed by atoms with Gasteiger partial charge in [0.1, 0.15) is 17.1 Å². The quantitative estimate of drug-likeness (QED) is 0.0785. The van der Waals surface area contributed by atoms with Gasteiger partial charge in [0.15, 0.2) is 59.6 Å². The molecule has 0 spiro atoms. The minimum Gasteiger partial charge on any atom is -0.325 e. The predicted octanol–water partition coefficient (Wildman–Crippen LogP) is 7.08. The molecule has 0 radical (unpaired) electrons. The van der Waals surface area contributed by atoms with E-state index in [2.05, 4.69) is 34.9 Å². The number of nitrogens with zero attached hydrogens (tertiary/aromatic N) is 8. The first-order chi connectivity index (χ1) is 26.2. The molecule has 8 bridgehead atoms. The average Bonchev–Trinajstić information content (AvgIpc) is 3.84. The summed E-state index contributed by atoms with van der Waals surface area (Å²) in [5.74, 6) is -0.240. The highest BCUT2D eigenvalue weighted by molar-refractivity contribution is 8.11. The first kappa shape index (κ1) is 35.7. The van der Waals surface area contributed by atoms with E-state index in [0.29, 0.717) is 10.9 Å². The Morgan fingerprint density at radius 2 is 0.929 bits per heavy atom. The zero-order valence-electron chi connectivity index (χ0n) is 27.5. The molecule has 282 valence electrons. The van der Waals surface area contributed by atoms with E-state index < -0.39 is 45.5 Å². The minimum atomic E-state index is -4.71. The number of nitrogens with one attached hydrogen (secondary N) is 3. The monoisotopic (exact) mass is 831 g/mol. The minimum absolute atomic E-state index is 0.0438. The lowest BCUT2D eigenvalue weighted by Crippen LogP contribution is -1.98. The Hall–Kier alpha value is -5.98. The molecule has 56 heavy (non-hydrogen) atoms.